The summed E-state index contributed by atoms with van der Waals surface area (Å²) in [6.07, 6.45) is 1.64. The third kappa shape index (κ3) is 5.38. The van der Waals surface area contributed by atoms with E-state index in [9.17, 15) is 4.79 Å². The molecule has 0 aromatic heterocycles. The number of nitrogens with one attached hydrogen (secondary N) is 1. The molecule has 1 aromatic rings. The van der Waals surface area contributed by atoms with E-state index < -0.39 is 0 Å². The topological polar surface area (TPSA) is 38.3 Å². The first-order valence-corrected chi connectivity index (χ1v) is 6.19. The third-order valence-corrected chi connectivity index (χ3v) is 2.65. The second-order valence-corrected chi connectivity index (χ2v) is 4.18. The van der Waals surface area contributed by atoms with E-state index in [1.807, 2.05) is 18.2 Å². The summed E-state index contributed by atoms with van der Waals surface area (Å²) in [6, 6.07) is 10.1. The Bertz CT molecular complexity index is 324. The van der Waals surface area contributed by atoms with Gasteiger partial charge in [0.1, 0.15) is 0 Å². The average Bonchev–Trinajstić information content (AvgIpc) is 2.37. The molecule has 1 aromatic carbocycles. The quantitative estimate of drug-likeness (QED) is 0.768. The Hall–Kier alpha value is -1.51. The summed E-state index contributed by atoms with van der Waals surface area (Å²) in [4.78, 5) is 11.3. The largest absolute Gasteiger partial charge is 0.450 e. The highest BCUT2D eigenvalue weighted by atomic mass is 16.5. The molecular weight excluding hydrogens is 214 g/mol. The molecule has 1 amide bonds. The van der Waals surface area contributed by atoms with Crippen LogP contribution in [0.4, 0.5) is 4.79 Å². The molecule has 1 atom stereocenters. The number of hydrogen-bond donors (Lipinski definition) is 1. The van der Waals surface area contributed by atoms with Gasteiger partial charge in [-0.15, -0.1) is 0 Å². The highest BCUT2D eigenvalue weighted by Gasteiger charge is 2.07. The van der Waals surface area contributed by atoms with Gasteiger partial charge in [-0.25, -0.2) is 4.79 Å². The molecule has 0 saturated heterocycles. The molecule has 0 aliphatic carbocycles. The van der Waals surface area contributed by atoms with Crippen molar-refractivity contribution >= 4 is 6.09 Å². The van der Waals surface area contributed by atoms with Gasteiger partial charge in [-0.3, -0.25) is 0 Å². The van der Waals surface area contributed by atoms with Crippen LogP contribution in [0.25, 0.3) is 0 Å². The Morgan fingerprint density at radius 1 is 1.35 bits per heavy atom. The van der Waals surface area contributed by atoms with Crippen molar-refractivity contribution in [3.05, 3.63) is 35.9 Å². The number of ether oxygens (including phenoxy) is 1. The van der Waals surface area contributed by atoms with Crippen LogP contribution in [0.1, 0.15) is 38.2 Å². The van der Waals surface area contributed by atoms with Gasteiger partial charge in [0.05, 0.1) is 6.61 Å². The van der Waals surface area contributed by atoms with E-state index in [0.717, 1.165) is 12.8 Å². The van der Waals surface area contributed by atoms with Crippen molar-refractivity contribution < 1.29 is 9.53 Å². The van der Waals surface area contributed by atoms with Crippen molar-refractivity contribution in [3.8, 4) is 0 Å². The Morgan fingerprint density at radius 2 is 2.06 bits per heavy atom. The maximum Gasteiger partial charge on any atom is 0.407 e. The minimum Gasteiger partial charge on any atom is -0.450 e. The number of amides is 1. The summed E-state index contributed by atoms with van der Waals surface area (Å²) in [7, 11) is 0. The number of hydrogen-bond acceptors (Lipinski definition) is 2. The minimum absolute atomic E-state index is 0.301. The summed E-state index contributed by atoms with van der Waals surface area (Å²) in [6.45, 7) is 5.26. The van der Waals surface area contributed by atoms with E-state index in [4.69, 9.17) is 4.74 Å². The van der Waals surface area contributed by atoms with E-state index >= 15 is 0 Å². The van der Waals surface area contributed by atoms with Crippen molar-refractivity contribution in [2.45, 2.75) is 32.6 Å². The predicted molar refractivity (Wildman–Crippen MR) is 69.1 cm³/mol. The number of carbonyl (C=O) groups excluding carboxylic acids is 1. The lowest BCUT2D eigenvalue weighted by Crippen LogP contribution is -2.28. The van der Waals surface area contributed by atoms with Gasteiger partial charge in [0, 0.05) is 6.54 Å². The molecule has 0 spiro atoms. The molecule has 1 N–H and O–H groups in total. The zero-order chi connectivity index (χ0) is 12.5. The number of rotatable bonds is 6. The second-order valence-electron chi connectivity index (χ2n) is 4.18. The highest BCUT2D eigenvalue weighted by Crippen LogP contribution is 2.12. The molecule has 0 aliphatic heterocycles. The van der Waals surface area contributed by atoms with Crippen LogP contribution in [0.5, 0.6) is 0 Å². The van der Waals surface area contributed by atoms with E-state index in [0.29, 0.717) is 19.1 Å². The zero-order valence-electron chi connectivity index (χ0n) is 10.6. The summed E-state index contributed by atoms with van der Waals surface area (Å²) in [5, 5.41) is 2.78. The molecule has 1 rings (SSSR count). The number of alkyl carbamates (subject to hydrolysis) is 1. The van der Waals surface area contributed by atoms with Gasteiger partial charge >= 0.3 is 6.09 Å². The second kappa shape index (κ2) is 7.71. The van der Waals surface area contributed by atoms with Crippen LogP contribution in [0.3, 0.4) is 0 Å². The van der Waals surface area contributed by atoms with E-state index in [1.54, 1.807) is 0 Å². The van der Waals surface area contributed by atoms with Gasteiger partial charge in [-0.05, 0) is 17.9 Å². The lowest BCUT2D eigenvalue weighted by Gasteiger charge is -2.13. The van der Waals surface area contributed by atoms with Crippen LogP contribution >= 0.6 is 0 Å². The normalized spacial score (nSPS) is 11.9. The van der Waals surface area contributed by atoms with Gasteiger partial charge in [0.2, 0.25) is 0 Å². The first-order valence-electron chi connectivity index (χ1n) is 6.19. The van der Waals surface area contributed by atoms with Gasteiger partial charge < -0.3 is 10.1 Å². The summed E-state index contributed by atoms with van der Waals surface area (Å²) in [5.41, 5.74) is 1.22. The van der Waals surface area contributed by atoms with E-state index in [2.05, 4.69) is 31.3 Å². The smallest absolute Gasteiger partial charge is 0.407 e. The zero-order valence-corrected chi connectivity index (χ0v) is 10.6. The molecule has 0 radical (unpaired) electrons. The van der Waals surface area contributed by atoms with Gasteiger partial charge in [-0.1, -0.05) is 50.6 Å². The van der Waals surface area contributed by atoms with Crippen LogP contribution in [0, 0.1) is 0 Å². The lowest BCUT2D eigenvalue weighted by atomic mass is 10.0. The van der Waals surface area contributed by atoms with Crippen molar-refractivity contribution in [2.75, 3.05) is 13.2 Å². The fourth-order valence-electron chi connectivity index (χ4n) is 1.50. The monoisotopic (exact) mass is 235 g/mol. The molecule has 0 bridgehead atoms. The van der Waals surface area contributed by atoms with Crippen LogP contribution in [-0.4, -0.2) is 19.2 Å². The Balaban J connectivity index is 2.24. The van der Waals surface area contributed by atoms with Crippen molar-refractivity contribution in [1.29, 1.82) is 0 Å². The molecule has 17 heavy (non-hydrogen) atoms. The standard InChI is InChI=1S/C14H21NO2/c1-3-4-10-17-14(16)15-11-12(2)13-8-6-5-7-9-13/h5-9,12H,3-4,10-11H2,1-2H3,(H,15,16). The molecule has 3 heteroatoms. The molecule has 0 saturated carbocycles. The maximum absolute atomic E-state index is 11.3. The average molecular weight is 235 g/mol. The van der Waals surface area contributed by atoms with Crippen LogP contribution in [0.15, 0.2) is 30.3 Å². The van der Waals surface area contributed by atoms with Crippen LogP contribution in [0.2, 0.25) is 0 Å². The van der Waals surface area contributed by atoms with Crippen LogP contribution < -0.4 is 5.32 Å². The van der Waals surface area contributed by atoms with E-state index in [1.165, 1.54) is 5.56 Å². The molecule has 0 aliphatic rings. The SMILES string of the molecule is CCCCOC(=O)NCC(C)c1ccccc1. The van der Waals surface area contributed by atoms with Crippen molar-refractivity contribution in [1.82, 2.24) is 5.32 Å². The summed E-state index contributed by atoms with van der Waals surface area (Å²) in [5.74, 6) is 0.301. The Kier molecular flexibility index (Phi) is 6.15. The van der Waals surface area contributed by atoms with Crippen molar-refractivity contribution in [2.24, 2.45) is 0 Å². The molecule has 0 heterocycles. The summed E-state index contributed by atoms with van der Waals surface area (Å²) < 4.78 is 5.02. The fourth-order valence-corrected chi connectivity index (χ4v) is 1.50. The highest BCUT2D eigenvalue weighted by molar-refractivity contribution is 5.67. The van der Waals surface area contributed by atoms with E-state index in [-0.39, 0.29) is 6.09 Å². The van der Waals surface area contributed by atoms with Gasteiger partial charge in [0.25, 0.3) is 0 Å². The molecular formula is C14H21NO2. The van der Waals surface area contributed by atoms with Crippen molar-refractivity contribution in [3.63, 3.8) is 0 Å². The van der Waals surface area contributed by atoms with Gasteiger partial charge in [0.15, 0.2) is 0 Å². The van der Waals surface area contributed by atoms with Gasteiger partial charge in [-0.2, -0.15) is 0 Å². The number of unbranched alkanes of at least 4 members (excludes halogenated alkanes) is 1. The minimum atomic E-state index is -0.318. The predicted octanol–water partition coefficient (Wildman–Crippen LogP) is 3.32. The third-order valence-electron chi connectivity index (χ3n) is 2.65. The summed E-state index contributed by atoms with van der Waals surface area (Å²) >= 11 is 0. The van der Waals surface area contributed by atoms with Crippen LogP contribution in [-0.2, 0) is 4.74 Å². The molecule has 94 valence electrons. The Labute approximate surface area is 103 Å². The molecule has 0 fully saturated rings. The first kappa shape index (κ1) is 13.6. The Morgan fingerprint density at radius 3 is 2.71 bits per heavy atom. The first-order chi connectivity index (χ1) is 8.24. The lowest BCUT2D eigenvalue weighted by molar-refractivity contribution is 0.144. The number of carbonyl (C=O) groups is 1. The molecule has 1 unspecified atom stereocenters. The number of benzene rings is 1. The molecule has 3 nitrogen and oxygen atoms in total. The maximum atomic E-state index is 11.3. The fraction of sp³-hybridized carbons (Fsp3) is 0.500.